The van der Waals surface area contributed by atoms with E-state index in [9.17, 15) is 9.59 Å². The second-order valence-corrected chi connectivity index (χ2v) is 7.60. The van der Waals surface area contributed by atoms with E-state index in [1.165, 1.54) is 0 Å². The first-order valence-electron chi connectivity index (χ1n) is 9.47. The summed E-state index contributed by atoms with van der Waals surface area (Å²) in [4.78, 5) is 27.0. The summed E-state index contributed by atoms with van der Waals surface area (Å²) >= 11 is 0. The Morgan fingerprint density at radius 1 is 1.15 bits per heavy atom. The van der Waals surface area contributed by atoms with Crippen molar-refractivity contribution in [3.8, 4) is 5.75 Å². The minimum absolute atomic E-state index is 0.00226. The van der Waals surface area contributed by atoms with Crippen molar-refractivity contribution in [3.05, 3.63) is 35.4 Å². The van der Waals surface area contributed by atoms with E-state index in [0.29, 0.717) is 44.0 Å². The van der Waals surface area contributed by atoms with Crippen molar-refractivity contribution in [2.24, 2.45) is 11.8 Å². The number of nitrogens with zero attached hydrogens (tertiary/aromatic N) is 1. The molecule has 0 aromatic heterocycles. The van der Waals surface area contributed by atoms with Gasteiger partial charge in [-0.05, 0) is 37.8 Å². The monoisotopic (exact) mass is 356 g/mol. The quantitative estimate of drug-likeness (QED) is 0.902. The molecule has 2 aliphatic heterocycles. The van der Waals surface area contributed by atoms with Crippen LogP contribution in [0, 0.1) is 11.8 Å². The minimum atomic E-state index is -0.00226. The zero-order chi connectivity index (χ0) is 18.7. The highest BCUT2D eigenvalue weighted by atomic mass is 16.5. The first-order chi connectivity index (χ1) is 12.5. The molecule has 0 aliphatic carbocycles. The van der Waals surface area contributed by atoms with Gasteiger partial charge in [-0.1, -0.05) is 32.0 Å². The lowest BCUT2D eigenvalue weighted by Crippen LogP contribution is -2.46. The van der Waals surface area contributed by atoms with Crippen LogP contribution in [0.5, 0.6) is 5.75 Å². The smallest absolute Gasteiger partial charge is 0.253 e. The van der Waals surface area contributed by atoms with E-state index in [2.05, 4.69) is 19.2 Å². The number of likely N-dealkylation sites (tertiary alicyclic amines) is 1. The third kappa shape index (κ3) is 4.09. The topological polar surface area (TPSA) is 58.6 Å². The van der Waals surface area contributed by atoms with E-state index < -0.39 is 0 Å². The number of fused-ring (bicyclic) bond motifs is 1. The van der Waals surface area contributed by atoms with Crippen molar-refractivity contribution in [2.75, 3.05) is 19.7 Å². The number of piperidine rings is 1. The largest absolute Gasteiger partial charge is 0.488 e. The molecule has 5 nitrogen and oxygen atoms in total. The Kier molecular flexibility index (Phi) is 5.64. The fourth-order valence-corrected chi connectivity index (χ4v) is 3.30. The normalized spacial score (nSPS) is 18.6. The summed E-state index contributed by atoms with van der Waals surface area (Å²) in [6.45, 7) is 7.78. The predicted octanol–water partition coefficient (Wildman–Crippen LogP) is 2.86. The molecule has 5 heteroatoms. The zero-order valence-electron chi connectivity index (χ0n) is 15.8. The SMILES string of the molecule is CC(C)C(C)NC(=O)C1CCN(C(=O)C2=Cc3ccccc3OC2)CC1. The standard InChI is InChI=1S/C21H28N2O3/c1-14(2)15(3)22-20(24)16-8-10-23(11-9-16)21(25)18-12-17-6-4-5-7-19(17)26-13-18/h4-7,12,14-16H,8-11,13H2,1-3H3,(H,22,24). The van der Waals surface area contributed by atoms with Crippen LogP contribution in [-0.4, -0.2) is 42.5 Å². The molecule has 3 rings (SSSR count). The number of carbonyl (C=O) groups excluding carboxylic acids is 2. The summed E-state index contributed by atoms with van der Waals surface area (Å²) < 4.78 is 5.69. The molecule has 1 aromatic carbocycles. The Bertz CT molecular complexity index is 703. The van der Waals surface area contributed by atoms with Gasteiger partial charge in [0.25, 0.3) is 5.91 Å². The van der Waals surface area contributed by atoms with Crippen LogP contribution in [0.4, 0.5) is 0 Å². The van der Waals surface area contributed by atoms with Gasteiger partial charge in [0.15, 0.2) is 0 Å². The van der Waals surface area contributed by atoms with Crippen molar-refractivity contribution in [3.63, 3.8) is 0 Å². The first kappa shape index (κ1) is 18.5. The maximum atomic E-state index is 12.8. The molecule has 140 valence electrons. The number of rotatable bonds is 4. The van der Waals surface area contributed by atoms with Gasteiger partial charge in [-0.15, -0.1) is 0 Å². The van der Waals surface area contributed by atoms with Gasteiger partial charge in [-0.25, -0.2) is 0 Å². The van der Waals surface area contributed by atoms with E-state index in [0.717, 1.165) is 11.3 Å². The van der Waals surface area contributed by atoms with Crippen molar-refractivity contribution < 1.29 is 14.3 Å². The fourth-order valence-electron chi connectivity index (χ4n) is 3.30. The van der Waals surface area contributed by atoms with Crippen molar-refractivity contribution >= 4 is 17.9 Å². The number of ether oxygens (including phenoxy) is 1. The third-order valence-electron chi connectivity index (χ3n) is 5.43. The van der Waals surface area contributed by atoms with Crippen molar-refractivity contribution in [1.29, 1.82) is 0 Å². The summed E-state index contributed by atoms with van der Waals surface area (Å²) in [5, 5.41) is 3.09. The Morgan fingerprint density at radius 2 is 1.85 bits per heavy atom. The second-order valence-electron chi connectivity index (χ2n) is 7.60. The van der Waals surface area contributed by atoms with E-state index in [4.69, 9.17) is 4.74 Å². The van der Waals surface area contributed by atoms with Crippen LogP contribution in [0.1, 0.15) is 39.2 Å². The molecule has 0 radical (unpaired) electrons. The lowest BCUT2D eigenvalue weighted by molar-refractivity contribution is -0.133. The molecule has 0 bridgehead atoms. The van der Waals surface area contributed by atoms with Gasteiger partial charge in [0.1, 0.15) is 12.4 Å². The van der Waals surface area contributed by atoms with Gasteiger partial charge in [0.2, 0.25) is 5.91 Å². The number of hydrogen-bond donors (Lipinski definition) is 1. The van der Waals surface area contributed by atoms with E-state index in [1.807, 2.05) is 42.2 Å². The average molecular weight is 356 g/mol. The molecule has 0 saturated carbocycles. The number of amides is 2. The Hall–Kier alpha value is -2.30. The van der Waals surface area contributed by atoms with Crippen LogP contribution in [-0.2, 0) is 9.59 Å². The molecule has 1 aromatic rings. The highest BCUT2D eigenvalue weighted by Crippen LogP contribution is 2.27. The number of carbonyl (C=O) groups is 2. The summed E-state index contributed by atoms with van der Waals surface area (Å²) in [6.07, 6.45) is 3.35. The van der Waals surface area contributed by atoms with Crippen molar-refractivity contribution in [1.82, 2.24) is 10.2 Å². The summed E-state index contributed by atoms with van der Waals surface area (Å²) in [5.74, 6) is 1.37. The molecule has 1 saturated heterocycles. The van der Waals surface area contributed by atoms with Gasteiger partial charge in [0.05, 0.1) is 5.57 Å². The molecule has 2 aliphatic rings. The van der Waals surface area contributed by atoms with E-state index in [-0.39, 0.29) is 23.8 Å². The van der Waals surface area contributed by atoms with Crippen LogP contribution < -0.4 is 10.1 Å². The Morgan fingerprint density at radius 3 is 2.54 bits per heavy atom. The second kappa shape index (κ2) is 7.94. The number of hydrogen-bond acceptors (Lipinski definition) is 3. The van der Waals surface area contributed by atoms with Gasteiger partial charge in [-0.2, -0.15) is 0 Å². The summed E-state index contributed by atoms with van der Waals surface area (Å²) in [5.41, 5.74) is 1.62. The van der Waals surface area contributed by atoms with E-state index >= 15 is 0 Å². The van der Waals surface area contributed by atoms with E-state index in [1.54, 1.807) is 0 Å². The van der Waals surface area contributed by atoms with Gasteiger partial charge >= 0.3 is 0 Å². The third-order valence-corrected chi connectivity index (χ3v) is 5.43. The fraction of sp³-hybridized carbons (Fsp3) is 0.524. The molecule has 2 amide bonds. The molecule has 0 spiro atoms. The van der Waals surface area contributed by atoms with Crippen molar-refractivity contribution in [2.45, 2.75) is 39.7 Å². The van der Waals surface area contributed by atoms with Gasteiger partial charge in [0, 0.05) is 30.6 Å². The molecular weight excluding hydrogens is 328 g/mol. The minimum Gasteiger partial charge on any atom is -0.488 e. The number of para-hydroxylation sites is 1. The average Bonchev–Trinajstić information content (AvgIpc) is 2.67. The highest BCUT2D eigenvalue weighted by Gasteiger charge is 2.30. The number of nitrogens with one attached hydrogen (secondary N) is 1. The first-order valence-corrected chi connectivity index (χ1v) is 9.47. The predicted molar refractivity (Wildman–Crippen MR) is 102 cm³/mol. The molecule has 2 heterocycles. The van der Waals surface area contributed by atoms with Crippen LogP contribution in [0.25, 0.3) is 6.08 Å². The maximum Gasteiger partial charge on any atom is 0.253 e. The number of benzene rings is 1. The van der Waals surface area contributed by atoms with Gasteiger partial charge < -0.3 is 15.0 Å². The molecular formula is C21H28N2O3. The molecule has 1 N–H and O–H groups in total. The maximum absolute atomic E-state index is 12.8. The zero-order valence-corrected chi connectivity index (χ0v) is 15.8. The Balaban J connectivity index is 1.56. The summed E-state index contributed by atoms with van der Waals surface area (Å²) in [7, 11) is 0. The molecule has 1 atom stereocenters. The van der Waals surface area contributed by atoms with Crippen LogP contribution in [0.3, 0.4) is 0 Å². The Labute approximate surface area is 155 Å². The lowest BCUT2D eigenvalue weighted by atomic mass is 9.94. The van der Waals surface area contributed by atoms with Crippen LogP contribution in [0.2, 0.25) is 0 Å². The highest BCUT2D eigenvalue weighted by molar-refractivity contribution is 5.99. The van der Waals surface area contributed by atoms with Crippen LogP contribution >= 0.6 is 0 Å². The lowest BCUT2D eigenvalue weighted by Gasteiger charge is -2.33. The van der Waals surface area contributed by atoms with Gasteiger partial charge in [-0.3, -0.25) is 9.59 Å². The molecule has 26 heavy (non-hydrogen) atoms. The molecule has 1 unspecified atom stereocenters. The van der Waals surface area contributed by atoms with Crippen LogP contribution in [0.15, 0.2) is 29.8 Å². The summed E-state index contributed by atoms with van der Waals surface area (Å²) in [6, 6.07) is 7.90. The molecule has 1 fully saturated rings.